The third-order valence-electron chi connectivity index (χ3n) is 7.41. The molecule has 5 rings (SSSR count). The summed E-state index contributed by atoms with van der Waals surface area (Å²) in [6.07, 6.45) is 4.45. The van der Waals surface area contributed by atoms with E-state index >= 15 is 0 Å². The maximum Gasteiger partial charge on any atom is 0.277 e. The summed E-state index contributed by atoms with van der Waals surface area (Å²) in [4.78, 5) is 34.7. The quantitative estimate of drug-likeness (QED) is 0.0996. The molecule has 44 heavy (non-hydrogen) atoms. The lowest BCUT2D eigenvalue weighted by molar-refractivity contribution is -0.124. The topological polar surface area (TPSA) is 151 Å². The van der Waals surface area contributed by atoms with E-state index in [4.69, 9.17) is 15.0 Å². The van der Waals surface area contributed by atoms with Crippen molar-refractivity contribution in [1.29, 1.82) is 0 Å². The maximum atomic E-state index is 13.7. The third kappa shape index (κ3) is 7.03. The summed E-state index contributed by atoms with van der Waals surface area (Å²) in [5.41, 5.74) is 4.90. The summed E-state index contributed by atoms with van der Waals surface area (Å²) in [7, 11) is 0. The van der Waals surface area contributed by atoms with Crippen LogP contribution in [0.2, 0.25) is 0 Å². The van der Waals surface area contributed by atoms with Crippen LogP contribution >= 0.6 is 0 Å². The van der Waals surface area contributed by atoms with Gasteiger partial charge in [-0.3, -0.25) is 19.7 Å². The predicted molar refractivity (Wildman–Crippen MR) is 168 cm³/mol. The van der Waals surface area contributed by atoms with E-state index in [1.807, 2.05) is 35.5 Å². The molecule has 4 aromatic rings. The fourth-order valence-corrected chi connectivity index (χ4v) is 6.43. The van der Waals surface area contributed by atoms with E-state index in [1.54, 1.807) is 41.2 Å². The zero-order valence-corrected chi connectivity index (χ0v) is 25.9. The molecular weight excluding hydrogens is 582 g/mol. The zero-order valence-electron chi connectivity index (χ0n) is 25.1. The molecule has 232 valence electrons. The van der Waals surface area contributed by atoms with Gasteiger partial charge in [0.15, 0.2) is 16.2 Å². The molecule has 3 heterocycles. The Morgan fingerprint density at radius 3 is 2.59 bits per heavy atom. The number of nitrogens with one attached hydrogen (secondary N) is 2. The molecule has 2 aromatic carbocycles. The van der Waals surface area contributed by atoms with Gasteiger partial charge in [0.2, 0.25) is 0 Å². The van der Waals surface area contributed by atoms with Crippen molar-refractivity contribution in [2.45, 2.75) is 45.1 Å². The van der Waals surface area contributed by atoms with Gasteiger partial charge in [-0.05, 0) is 49.6 Å². The van der Waals surface area contributed by atoms with Crippen LogP contribution in [0.1, 0.15) is 42.9 Å². The van der Waals surface area contributed by atoms with Gasteiger partial charge in [0.05, 0.1) is 42.3 Å². The molecule has 0 radical (unpaired) electrons. The van der Waals surface area contributed by atoms with E-state index in [-0.39, 0.29) is 5.56 Å². The van der Waals surface area contributed by atoms with E-state index in [2.05, 4.69) is 21.8 Å². The highest BCUT2D eigenvalue weighted by atomic mass is 32.2. The molecule has 2 aromatic heterocycles. The first-order valence-electron chi connectivity index (χ1n) is 14.7. The number of aromatic nitrogens is 4. The standard InChI is InChI=1S/C31H37N7O5S/c1-4-6-27-32-21(3)29-31(40)33-30(34-38(27)29)25-19-24(12-13-26(25)43-5-2)44(42)37-17-15-36(16-18-37)20-23-9-7-22(8-10-23)11-14-28(39)35-41/h7-14,19,41H,4-6,15-18,20H2,1-3H3,(H,35,39)(H,33,34,40)/b14-11+. The van der Waals surface area contributed by atoms with Crippen LogP contribution < -0.4 is 15.8 Å². The van der Waals surface area contributed by atoms with Gasteiger partial charge in [-0.2, -0.15) is 0 Å². The summed E-state index contributed by atoms with van der Waals surface area (Å²) in [6, 6.07) is 13.2. The average molecular weight is 620 g/mol. The van der Waals surface area contributed by atoms with Gasteiger partial charge in [0, 0.05) is 38.2 Å². The summed E-state index contributed by atoms with van der Waals surface area (Å²) < 4.78 is 23.2. The first-order valence-corrected chi connectivity index (χ1v) is 15.8. The molecule has 1 unspecified atom stereocenters. The second kappa shape index (κ2) is 14.2. The number of rotatable bonds is 11. The Morgan fingerprint density at radius 1 is 1.16 bits per heavy atom. The molecular formula is C31H37N7O5S. The van der Waals surface area contributed by atoms with E-state index in [0.717, 1.165) is 43.0 Å². The lowest BCUT2D eigenvalue weighted by Gasteiger charge is -2.34. The van der Waals surface area contributed by atoms with Crippen LogP contribution in [0, 0.1) is 6.92 Å². The number of nitrogens with zero attached hydrogens (tertiary/aromatic N) is 5. The zero-order chi connectivity index (χ0) is 31.2. The second-order valence-corrected chi connectivity index (χ2v) is 12.0. The number of ether oxygens (including phenoxy) is 1. The molecule has 1 saturated heterocycles. The van der Waals surface area contributed by atoms with E-state index in [0.29, 0.717) is 59.4 Å². The number of carbonyl (C=O) groups is 1. The Bertz CT molecular complexity index is 1690. The number of piperazine rings is 1. The van der Waals surface area contributed by atoms with Gasteiger partial charge in [-0.1, -0.05) is 31.2 Å². The summed E-state index contributed by atoms with van der Waals surface area (Å²) in [5, 5.41) is 13.4. The molecule has 1 aliphatic heterocycles. The van der Waals surface area contributed by atoms with Gasteiger partial charge in [-0.15, -0.1) is 9.40 Å². The lowest BCUT2D eigenvalue weighted by Crippen LogP contribution is -2.48. The number of fused-ring (bicyclic) bond motifs is 1. The largest absolute Gasteiger partial charge is 0.593 e. The van der Waals surface area contributed by atoms with Crippen molar-refractivity contribution in [1.82, 2.24) is 34.3 Å². The normalized spacial score (nSPS) is 15.2. The molecule has 0 bridgehead atoms. The van der Waals surface area contributed by atoms with Crippen LogP contribution in [0.25, 0.3) is 23.0 Å². The van der Waals surface area contributed by atoms with Crippen LogP contribution in [-0.2, 0) is 29.1 Å². The van der Waals surface area contributed by atoms with E-state index in [1.165, 1.54) is 6.08 Å². The van der Waals surface area contributed by atoms with Gasteiger partial charge >= 0.3 is 0 Å². The number of carbonyl (C=O) groups excluding carboxylic acids is 1. The number of imidazole rings is 1. The average Bonchev–Trinajstić information content (AvgIpc) is 3.36. The lowest BCUT2D eigenvalue weighted by atomic mass is 10.1. The van der Waals surface area contributed by atoms with Crippen molar-refractivity contribution in [3.63, 3.8) is 0 Å². The smallest absolute Gasteiger partial charge is 0.277 e. The molecule has 0 aliphatic carbocycles. The fourth-order valence-electron chi connectivity index (χ4n) is 5.23. The number of aryl methyl sites for hydroxylation is 2. The van der Waals surface area contributed by atoms with Crippen LogP contribution in [0.15, 0.2) is 58.2 Å². The first kappa shape index (κ1) is 31.4. The maximum absolute atomic E-state index is 13.7. The molecule has 1 amide bonds. The summed E-state index contributed by atoms with van der Waals surface area (Å²) in [5.74, 6) is 1.03. The number of amides is 1. The minimum atomic E-state index is -1.42. The van der Waals surface area contributed by atoms with Crippen LogP contribution in [0.3, 0.4) is 0 Å². The SMILES string of the molecule is CCCc1nc(C)c2c(=O)[nH]c(-c3cc([S+]([O-])N4CCN(Cc5ccc(/C=C/C(=O)NO)cc5)CC4)ccc3OCC)nn12. The minimum Gasteiger partial charge on any atom is -0.593 e. The highest BCUT2D eigenvalue weighted by molar-refractivity contribution is 7.89. The van der Waals surface area contributed by atoms with Crippen LogP contribution in [0.5, 0.6) is 5.75 Å². The monoisotopic (exact) mass is 619 g/mol. The van der Waals surface area contributed by atoms with Crippen molar-refractivity contribution >= 4 is 28.9 Å². The number of benzene rings is 2. The molecule has 1 atom stereocenters. The Kier molecular flexibility index (Phi) is 10.1. The second-order valence-electron chi connectivity index (χ2n) is 10.5. The van der Waals surface area contributed by atoms with Crippen molar-refractivity contribution in [2.24, 2.45) is 0 Å². The Morgan fingerprint density at radius 2 is 1.91 bits per heavy atom. The molecule has 0 saturated carbocycles. The molecule has 0 spiro atoms. The third-order valence-corrected chi connectivity index (χ3v) is 8.90. The van der Waals surface area contributed by atoms with Crippen LogP contribution in [0.4, 0.5) is 0 Å². The van der Waals surface area contributed by atoms with Crippen LogP contribution in [-0.4, -0.2) is 77.2 Å². The van der Waals surface area contributed by atoms with Gasteiger partial charge < -0.3 is 14.3 Å². The highest BCUT2D eigenvalue weighted by Crippen LogP contribution is 2.32. The Hall–Kier alpha value is -4.01. The molecule has 1 fully saturated rings. The number of H-pyrrole nitrogens is 1. The van der Waals surface area contributed by atoms with E-state index in [9.17, 15) is 14.1 Å². The molecule has 13 heteroatoms. The molecule has 3 N–H and O–H groups in total. The summed E-state index contributed by atoms with van der Waals surface area (Å²) >= 11 is -1.42. The Balaban J connectivity index is 1.30. The number of hydrogen-bond donors (Lipinski definition) is 3. The molecule has 1 aliphatic rings. The van der Waals surface area contributed by atoms with Crippen molar-refractivity contribution < 1.29 is 19.3 Å². The molecule has 12 nitrogen and oxygen atoms in total. The number of aromatic amines is 1. The number of hydrogen-bond acceptors (Lipinski definition) is 9. The number of hydroxylamine groups is 1. The highest BCUT2D eigenvalue weighted by Gasteiger charge is 2.29. The first-order chi connectivity index (χ1) is 21.3. The van der Waals surface area contributed by atoms with Gasteiger partial charge in [0.1, 0.15) is 11.6 Å². The van der Waals surface area contributed by atoms with Crippen molar-refractivity contribution in [3.05, 3.63) is 81.5 Å². The summed E-state index contributed by atoms with van der Waals surface area (Å²) in [6.45, 7) is 9.68. The van der Waals surface area contributed by atoms with Crippen molar-refractivity contribution in [3.8, 4) is 17.1 Å². The van der Waals surface area contributed by atoms with Crippen molar-refractivity contribution in [2.75, 3.05) is 32.8 Å². The van der Waals surface area contributed by atoms with E-state index < -0.39 is 17.3 Å². The predicted octanol–water partition coefficient (Wildman–Crippen LogP) is 3.10. The van der Waals surface area contributed by atoms with Gasteiger partial charge in [-0.25, -0.2) is 15.0 Å². The minimum absolute atomic E-state index is 0.285. The van der Waals surface area contributed by atoms with Gasteiger partial charge in [0.25, 0.3) is 11.5 Å². The Labute approximate surface area is 258 Å². The fraction of sp³-hybridized carbons (Fsp3) is 0.355.